The molecule has 0 saturated carbocycles. The van der Waals surface area contributed by atoms with Crippen molar-refractivity contribution in [2.24, 2.45) is 0 Å². The number of aromatic nitrogens is 2. The molecule has 0 aliphatic rings. The van der Waals surface area contributed by atoms with Crippen molar-refractivity contribution in [2.75, 3.05) is 20.6 Å². The minimum Gasteiger partial charge on any atom is -0.468 e. The Kier molecular flexibility index (Phi) is 6.37. The summed E-state index contributed by atoms with van der Waals surface area (Å²) in [7, 11) is 4.12. The first-order valence-electron chi connectivity index (χ1n) is 9.14. The van der Waals surface area contributed by atoms with E-state index < -0.39 is 0 Å². The van der Waals surface area contributed by atoms with E-state index in [0.29, 0.717) is 6.54 Å². The van der Waals surface area contributed by atoms with Crippen LogP contribution in [0.3, 0.4) is 0 Å². The number of furan rings is 1. The molecule has 0 amide bonds. The number of hydrogen-bond donors (Lipinski definition) is 1. The molecule has 144 valence electrons. The Morgan fingerprint density at radius 2 is 1.96 bits per heavy atom. The molecule has 1 aromatic carbocycles. The molecule has 5 nitrogen and oxygen atoms in total. The molecule has 3 aromatic rings. The third-order valence-corrected chi connectivity index (χ3v) is 5.31. The average molecular weight is 387 g/mol. The lowest BCUT2D eigenvalue weighted by Crippen LogP contribution is -2.30. The van der Waals surface area contributed by atoms with Crippen molar-refractivity contribution >= 4 is 11.6 Å². The van der Waals surface area contributed by atoms with E-state index in [1.807, 2.05) is 41.1 Å². The number of nitrogens with one attached hydrogen (secondary N) is 1. The number of aryl methyl sites for hydroxylation is 1. The largest absolute Gasteiger partial charge is 0.468 e. The zero-order valence-electron chi connectivity index (χ0n) is 16.4. The fourth-order valence-corrected chi connectivity index (χ4v) is 3.48. The summed E-state index contributed by atoms with van der Waals surface area (Å²) in [6.45, 7) is 6.42. The normalized spacial score (nSPS) is 12.7. The van der Waals surface area contributed by atoms with Gasteiger partial charge in [0.2, 0.25) is 0 Å². The van der Waals surface area contributed by atoms with Gasteiger partial charge in [-0.2, -0.15) is 5.10 Å². The summed E-state index contributed by atoms with van der Waals surface area (Å²) in [6.07, 6.45) is 1.72. The molecule has 6 heteroatoms. The van der Waals surface area contributed by atoms with Gasteiger partial charge < -0.3 is 9.73 Å². The van der Waals surface area contributed by atoms with E-state index in [-0.39, 0.29) is 6.04 Å². The number of benzene rings is 1. The smallest absolute Gasteiger partial charge is 0.122 e. The van der Waals surface area contributed by atoms with Gasteiger partial charge in [-0.3, -0.25) is 9.58 Å². The van der Waals surface area contributed by atoms with Crippen LogP contribution in [0.2, 0.25) is 5.02 Å². The van der Waals surface area contributed by atoms with Crippen LogP contribution in [-0.2, 0) is 13.1 Å². The molecular formula is C21H27ClN4O. The van der Waals surface area contributed by atoms with E-state index in [2.05, 4.69) is 38.2 Å². The number of nitrogens with zero attached hydrogens (tertiary/aromatic N) is 3. The second kappa shape index (κ2) is 8.74. The molecule has 2 aromatic heterocycles. The summed E-state index contributed by atoms with van der Waals surface area (Å²) in [5, 5.41) is 9.05. The SMILES string of the molecule is Cc1nn(Cc2ccccc2Cl)c(C)c1CNCC(c1ccco1)N(C)C. The average Bonchev–Trinajstić information content (AvgIpc) is 3.24. The highest BCUT2D eigenvalue weighted by molar-refractivity contribution is 6.31. The van der Waals surface area contributed by atoms with Crippen molar-refractivity contribution in [3.05, 3.63) is 76.0 Å². The molecule has 0 saturated heterocycles. The maximum atomic E-state index is 6.30. The Balaban J connectivity index is 1.67. The predicted octanol–water partition coefficient (Wildman–Crippen LogP) is 4.19. The standard InChI is InChI=1S/C21H27ClN4O/c1-15-18(12-23-13-20(25(3)4)21-10-7-11-27-21)16(2)26(24-15)14-17-8-5-6-9-19(17)22/h5-11,20,23H,12-14H2,1-4H3. The van der Waals surface area contributed by atoms with Crippen LogP contribution < -0.4 is 5.32 Å². The minimum absolute atomic E-state index is 0.193. The van der Waals surface area contributed by atoms with Crippen molar-refractivity contribution in [1.82, 2.24) is 20.0 Å². The van der Waals surface area contributed by atoms with Gasteiger partial charge in [-0.05, 0) is 51.7 Å². The lowest BCUT2D eigenvalue weighted by Gasteiger charge is -2.22. The number of halogens is 1. The van der Waals surface area contributed by atoms with Crippen molar-refractivity contribution in [2.45, 2.75) is 33.0 Å². The summed E-state index contributed by atoms with van der Waals surface area (Å²) in [5.41, 5.74) is 4.53. The highest BCUT2D eigenvalue weighted by Crippen LogP contribution is 2.21. The maximum absolute atomic E-state index is 6.30. The van der Waals surface area contributed by atoms with Gasteiger partial charge in [0.1, 0.15) is 5.76 Å². The van der Waals surface area contributed by atoms with E-state index in [1.54, 1.807) is 6.26 Å². The van der Waals surface area contributed by atoms with E-state index in [1.165, 1.54) is 11.3 Å². The lowest BCUT2D eigenvalue weighted by atomic mass is 10.1. The van der Waals surface area contributed by atoms with Crippen LogP contribution in [0, 0.1) is 13.8 Å². The second-order valence-electron chi connectivity index (χ2n) is 7.02. The zero-order chi connectivity index (χ0) is 19.4. The van der Waals surface area contributed by atoms with E-state index in [9.17, 15) is 0 Å². The summed E-state index contributed by atoms with van der Waals surface area (Å²) in [6, 6.07) is 12.1. The molecule has 0 aliphatic carbocycles. The Bertz CT molecular complexity index is 870. The Hall–Kier alpha value is -2.08. The summed E-state index contributed by atoms with van der Waals surface area (Å²) in [5.74, 6) is 0.968. The Morgan fingerprint density at radius 3 is 2.63 bits per heavy atom. The van der Waals surface area contributed by atoms with Crippen LogP contribution in [0.15, 0.2) is 47.1 Å². The molecule has 1 unspecified atom stereocenters. The monoisotopic (exact) mass is 386 g/mol. The van der Waals surface area contributed by atoms with Crippen LogP contribution in [0.25, 0.3) is 0 Å². The van der Waals surface area contributed by atoms with Crippen molar-refractivity contribution in [3.8, 4) is 0 Å². The first-order chi connectivity index (χ1) is 13.0. The highest BCUT2D eigenvalue weighted by Gasteiger charge is 2.18. The van der Waals surface area contributed by atoms with Gasteiger partial charge in [-0.15, -0.1) is 0 Å². The Morgan fingerprint density at radius 1 is 1.19 bits per heavy atom. The van der Waals surface area contributed by atoms with E-state index in [0.717, 1.165) is 35.1 Å². The third kappa shape index (κ3) is 4.61. The van der Waals surface area contributed by atoms with Crippen molar-refractivity contribution in [1.29, 1.82) is 0 Å². The molecule has 3 rings (SSSR count). The van der Waals surface area contributed by atoms with Crippen LogP contribution in [0.4, 0.5) is 0 Å². The molecule has 2 heterocycles. The highest BCUT2D eigenvalue weighted by atomic mass is 35.5. The summed E-state index contributed by atoms with van der Waals surface area (Å²) in [4.78, 5) is 2.16. The van der Waals surface area contributed by atoms with Crippen molar-refractivity contribution < 1.29 is 4.42 Å². The summed E-state index contributed by atoms with van der Waals surface area (Å²) < 4.78 is 7.61. The fourth-order valence-electron chi connectivity index (χ4n) is 3.28. The molecule has 0 bridgehead atoms. The molecule has 1 atom stereocenters. The summed E-state index contributed by atoms with van der Waals surface area (Å²) >= 11 is 6.30. The molecule has 27 heavy (non-hydrogen) atoms. The predicted molar refractivity (Wildman–Crippen MR) is 109 cm³/mol. The van der Waals surface area contributed by atoms with Gasteiger partial charge in [0.05, 0.1) is 24.5 Å². The second-order valence-corrected chi connectivity index (χ2v) is 7.43. The first kappa shape index (κ1) is 19.7. The minimum atomic E-state index is 0.193. The van der Waals surface area contributed by atoms with Gasteiger partial charge in [0, 0.05) is 29.4 Å². The van der Waals surface area contributed by atoms with Crippen LogP contribution in [-0.4, -0.2) is 35.3 Å². The molecule has 0 radical (unpaired) electrons. The van der Waals surface area contributed by atoms with Gasteiger partial charge in [-0.25, -0.2) is 0 Å². The van der Waals surface area contributed by atoms with E-state index >= 15 is 0 Å². The first-order valence-corrected chi connectivity index (χ1v) is 9.52. The van der Waals surface area contributed by atoms with Crippen LogP contribution >= 0.6 is 11.6 Å². The molecular weight excluding hydrogens is 360 g/mol. The maximum Gasteiger partial charge on any atom is 0.122 e. The molecule has 0 fully saturated rings. The van der Waals surface area contributed by atoms with Crippen LogP contribution in [0.5, 0.6) is 0 Å². The number of likely N-dealkylation sites (N-methyl/N-ethyl adjacent to an activating group) is 1. The van der Waals surface area contributed by atoms with Crippen LogP contribution in [0.1, 0.15) is 34.3 Å². The van der Waals surface area contributed by atoms with E-state index in [4.69, 9.17) is 21.1 Å². The zero-order valence-corrected chi connectivity index (χ0v) is 17.1. The third-order valence-electron chi connectivity index (χ3n) is 4.94. The number of rotatable bonds is 8. The molecule has 0 spiro atoms. The topological polar surface area (TPSA) is 46.2 Å². The van der Waals surface area contributed by atoms with Gasteiger partial charge in [-0.1, -0.05) is 29.8 Å². The lowest BCUT2D eigenvalue weighted by molar-refractivity contribution is 0.250. The van der Waals surface area contributed by atoms with Gasteiger partial charge >= 0.3 is 0 Å². The molecule has 1 N–H and O–H groups in total. The molecule has 0 aliphatic heterocycles. The van der Waals surface area contributed by atoms with Gasteiger partial charge in [0.15, 0.2) is 0 Å². The quantitative estimate of drug-likeness (QED) is 0.630. The van der Waals surface area contributed by atoms with Crippen molar-refractivity contribution in [3.63, 3.8) is 0 Å². The fraction of sp³-hybridized carbons (Fsp3) is 0.381. The number of hydrogen-bond acceptors (Lipinski definition) is 4. The van der Waals surface area contributed by atoms with Gasteiger partial charge in [0.25, 0.3) is 0 Å². The Labute approximate surface area is 165 Å².